The van der Waals surface area contributed by atoms with Crippen LogP contribution in [0.4, 0.5) is 18.9 Å². The fraction of sp³-hybridized carbons (Fsp3) is 0.375. The predicted molar refractivity (Wildman–Crippen MR) is 83.2 cm³/mol. The van der Waals surface area contributed by atoms with Crippen LogP contribution in [0, 0.1) is 18.3 Å². The number of hydrogen-bond donors (Lipinski definition) is 1. The normalized spacial score (nSPS) is 16.5. The number of hydrogen-bond acceptors (Lipinski definition) is 3. The maximum absolute atomic E-state index is 12.3. The Morgan fingerprint density at radius 1 is 1.40 bits per heavy atom. The minimum absolute atomic E-state index is 0.0284. The van der Waals surface area contributed by atoms with Crippen molar-refractivity contribution in [2.24, 2.45) is 5.92 Å². The molecule has 1 fully saturated rings. The van der Waals surface area contributed by atoms with E-state index < -0.39 is 34.5 Å². The highest BCUT2D eigenvalue weighted by atomic mass is 35.5. The molecule has 5 nitrogen and oxygen atoms in total. The Labute approximate surface area is 146 Å². The molecule has 0 radical (unpaired) electrons. The number of alkyl halides is 3. The third kappa shape index (κ3) is 3.82. The van der Waals surface area contributed by atoms with Gasteiger partial charge in [-0.15, -0.1) is 19.6 Å². The van der Waals surface area contributed by atoms with Gasteiger partial charge in [-0.1, -0.05) is 11.6 Å². The molecule has 1 N–H and O–H groups in total. The second-order valence-electron chi connectivity index (χ2n) is 5.67. The summed E-state index contributed by atoms with van der Waals surface area (Å²) in [5.74, 6) is -1.36. The number of rotatable bonds is 5. The number of halogens is 4. The topological polar surface area (TPSA) is 66.8 Å². The first-order valence-corrected chi connectivity index (χ1v) is 7.48. The van der Waals surface area contributed by atoms with Gasteiger partial charge in [-0.2, -0.15) is 0 Å². The van der Waals surface area contributed by atoms with Crippen LogP contribution in [0.3, 0.4) is 0 Å². The molecule has 134 valence electrons. The molecule has 1 aromatic carbocycles. The summed E-state index contributed by atoms with van der Waals surface area (Å²) in [6.45, 7) is 1.34. The first-order chi connectivity index (χ1) is 11.5. The van der Waals surface area contributed by atoms with Crippen LogP contribution in [-0.4, -0.2) is 28.9 Å². The number of anilines is 1. The lowest BCUT2D eigenvalue weighted by molar-refractivity contribution is -0.274. The van der Waals surface area contributed by atoms with E-state index in [2.05, 4.69) is 4.74 Å². The van der Waals surface area contributed by atoms with E-state index in [-0.39, 0.29) is 11.6 Å². The van der Waals surface area contributed by atoms with Crippen LogP contribution in [0.1, 0.15) is 19.8 Å². The molecule has 2 rings (SSSR count). The lowest BCUT2D eigenvalue weighted by atomic mass is 9.92. The summed E-state index contributed by atoms with van der Waals surface area (Å²) in [5, 5.41) is 9.19. The van der Waals surface area contributed by atoms with Crippen LogP contribution in [0.25, 0.3) is 0 Å². The Bertz CT molecular complexity index is 755. The first kappa shape index (κ1) is 18.9. The standard InChI is InChI=1S/C16H13ClF3NO4/c1-3-13(22)21(15(2,14(23)24)9-4-5-9)10-6-7-12(11(17)8-10)25-16(18,19)20/h1,6-9H,4-5H2,2H3,(H,23,24). The average Bonchev–Trinajstić information content (AvgIpc) is 3.33. The minimum atomic E-state index is -4.94. The van der Waals surface area contributed by atoms with Gasteiger partial charge in [0.1, 0.15) is 11.3 Å². The van der Waals surface area contributed by atoms with Crippen molar-refractivity contribution in [1.82, 2.24) is 0 Å². The van der Waals surface area contributed by atoms with Gasteiger partial charge in [-0.25, -0.2) is 4.79 Å². The van der Waals surface area contributed by atoms with Gasteiger partial charge < -0.3 is 9.84 Å². The number of carbonyl (C=O) groups is 2. The molecule has 1 aliphatic carbocycles. The van der Waals surface area contributed by atoms with Gasteiger partial charge in [-0.3, -0.25) is 9.69 Å². The quantitative estimate of drug-likeness (QED) is 0.800. The van der Waals surface area contributed by atoms with E-state index in [4.69, 9.17) is 18.0 Å². The number of ether oxygens (including phenoxy) is 1. The molecule has 0 bridgehead atoms. The van der Waals surface area contributed by atoms with Crippen LogP contribution in [0.2, 0.25) is 5.02 Å². The van der Waals surface area contributed by atoms with Crippen LogP contribution in [0.15, 0.2) is 18.2 Å². The van der Waals surface area contributed by atoms with Crippen LogP contribution in [0.5, 0.6) is 5.75 Å². The number of amides is 1. The average molecular weight is 376 g/mol. The molecule has 25 heavy (non-hydrogen) atoms. The van der Waals surface area contributed by atoms with Crippen molar-refractivity contribution in [3.05, 3.63) is 23.2 Å². The molecular formula is C16H13ClF3NO4. The SMILES string of the molecule is C#CC(=O)N(c1ccc(OC(F)(F)F)c(Cl)c1)C(C)(C(=O)O)C1CC1. The van der Waals surface area contributed by atoms with Gasteiger partial charge in [0, 0.05) is 5.69 Å². The molecule has 9 heteroatoms. The van der Waals surface area contributed by atoms with Crippen molar-refractivity contribution in [3.8, 4) is 18.1 Å². The molecule has 1 aliphatic rings. The van der Waals surface area contributed by atoms with Crippen LogP contribution >= 0.6 is 11.6 Å². The predicted octanol–water partition coefficient (Wildman–Crippen LogP) is 3.46. The van der Waals surface area contributed by atoms with E-state index in [0.29, 0.717) is 12.8 Å². The van der Waals surface area contributed by atoms with Gasteiger partial charge in [0.25, 0.3) is 0 Å². The summed E-state index contributed by atoms with van der Waals surface area (Å²) in [6, 6.07) is 3.02. The second-order valence-corrected chi connectivity index (χ2v) is 6.08. The summed E-state index contributed by atoms with van der Waals surface area (Å²) < 4.78 is 40.7. The summed E-state index contributed by atoms with van der Waals surface area (Å²) in [7, 11) is 0. The highest BCUT2D eigenvalue weighted by Gasteiger charge is 2.54. The Balaban J connectivity index is 2.50. The molecule has 1 atom stereocenters. The third-order valence-electron chi connectivity index (χ3n) is 4.00. The highest BCUT2D eigenvalue weighted by Crippen LogP contribution is 2.46. The van der Waals surface area contributed by atoms with Gasteiger partial charge in [-0.05, 0) is 49.8 Å². The molecular weight excluding hydrogens is 363 g/mol. The molecule has 1 aromatic rings. The Morgan fingerprint density at radius 3 is 2.40 bits per heavy atom. The Morgan fingerprint density at radius 2 is 2.00 bits per heavy atom. The summed E-state index contributed by atoms with van der Waals surface area (Å²) in [5.41, 5.74) is -1.67. The Kier molecular flexibility index (Phi) is 4.91. The number of carboxylic acids is 1. The number of aliphatic carboxylic acids is 1. The highest BCUT2D eigenvalue weighted by molar-refractivity contribution is 6.32. The molecule has 1 amide bonds. The molecule has 0 heterocycles. The smallest absolute Gasteiger partial charge is 0.479 e. The zero-order valence-electron chi connectivity index (χ0n) is 12.9. The fourth-order valence-corrected chi connectivity index (χ4v) is 2.81. The number of nitrogens with zero attached hydrogens (tertiary/aromatic N) is 1. The second kappa shape index (κ2) is 6.48. The van der Waals surface area contributed by atoms with Crippen molar-refractivity contribution < 1.29 is 32.6 Å². The zero-order chi connectivity index (χ0) is 19.0. The first-order valence-electron chi connectivity index (χ1n) is 7.10. The summed E-state index contributed by atoms with van der Waals surface area (Å²) in [4.78, 5) is 24.9. The number of terminal acetylenes is 1. The van der Waals surface area contributed by atoms with Crippen LogP contribution < -0.4 is 9.64 Å². The van der Waals surface area contributed by atoms with E-state index in [1.54, 1.807) is 0 Å². The van der Waals surface area contributed by atoms with E-state index >= 15 is 0 Å². The van der Waals surface area contributed by atoms with E-state index in [1.165, 1.54) is 6.92 Å². The summed E-state index contributed by atoms with van der Waals surface area (Å²) >= 11 is 5.79. The molecule has 0 aliphatic heterocycles. The van der Waals surface area contributed by atoms with Gasteiger partial charge in [0.05, 0.1) is 5.02 Å². The molecule has 0 aromatic heterocycles. The van der Waals surface area contributed by atoms with Crippen LogP contribution in [-0.2, 0) is 9.59 Å². The minimum Gasteiger partial charge on any atom is -0.479 e. The van der Waals surface area contributed by atoms with Crippen molar-refractivity contribution in [1.29, 1.82) is 0 Å². The Hall–Kier alpha value is -2.40. The molecule has 0 saturated heterocycles. The molecule has 0 spiro atoms. The molecule has 1 saturated carbocycles. The van der Waals surface area contributed by atoms with Crippen molar-refractivity contribution in [2.45, 2.75) is 31.7 Å². The van der Waals surface area contributed by atoms with Crippen molar-refractivity contribution in [2.75, 3.05) is 4.90 Å². The zero-order valence-corrected chi connectivity index (χ0v) is 13.7. The molecule has 1 unspecified atom stereocenters. The third-order valence-corrected chi connectivity index (χ3v) is 4.29. The maximum atomic E-state index is 12.3. The summed E-state index contributed by atoms with van der Waals surface area (Å²) in [6.07, 6.45) is 1.36. The van der Waals surface area contributed by atoms with E-state index in [9.17, 15) is 27.9 Å². The van der Waals surface area contributed by atoms with Gasteiger partial charge in [0.2, 0.25) is 0 Å². The maximum Gasteiger partial charge on any atom is 0.573 e. The fourth-order valence-electron chi connectivity index (χ4n) is 2.60. The lowest BCUT2D eigenvalue weighted by Crippen LogP contribution is -2.57. The van der Waals surface area contributed by atoms with Crippen molar-refractivity contribution in [3.63, 3.8) is 0 Å². The monoisotopic (exact) mass is 375 g/mol. The number of carboxylic acid groups (broad SMARTS) is 1. The van der Waals surface area contributed by atoms with E-state index in [1.807, 2.05) is 5.92 Å². The number of benzene rings is 1. The largest absolute Gasteiger partial charge is 0.573 e. The van der Waals surface area contributed by atoms with Gasteiger partial charge >= 0.3 is 18.2 Å². The van der Waals surface area contributed by atoms with Gasteiger partial charge in [0.15, 0.2) is 0 Å². The number of carbonyl (C=O) groups excluding carboxylic acids is 1. The lowest BCUT2D eigenvalue weighted by Gasteiger charge is -2.37. The van der Waals surface area contributed by atoms with Crippen molar-refractivity contribution >= 4 is 29.2 Å². The van der Waals surface area contributed by atoms with E-state index in [0.717, 1.165) is 23.1 Å².